The Morgan fingerprint density at radius 1 is 1.05 bits per heavy atom. The number of rotatable bonds is 3. The zero-order valence-corrected chi connectivity index (χ0v) is 13.9. The molecule has 0 unspecified atom stereocenters. The van der Waals surface area contributed by atoms with Crippen LogP contribution in [0.15, 0.2) is 39.3 Å². The molecule has 20 heavy (non-hydrogen) atoms. The molecule has 0 aromatic heterocycles. The molecule has 0 radical (unpaired) electrons. The molecule has 0 fully saturated rings. The van der Waals surface area contributed by atoms with Crippen LogP contribution in [0.4, 0.5) is 20.2 Å². The molecule has 0 spiro atoms. The van der Waals surface area contributed by atoms with Gasteiger partial charge in [0.2, 0.25) is 0 Å². The third kappa shape index (κ3) is 3.34. The molecule has 0 aliphatic heterocycles. The highest BCUT2D eigenvalue weighted by Crippen LogP contribution is 2.30. The van der Waals surface area contributed by atoms with E-state index >= 15 is 0 Å². The number of nitrogens with two attached hydrogens (primary N) is 1. The molecular weight excluding hydrogens is 414 g/mol. The van der Waals surface area contributed by atoms with Crippen molar-refractivity contribution in [2.75, 3.05) is 5.32 Å². The van der Waals surface area contributed by atoms with Crippen LogP contribution in [-0.4, -0.2) is 4.99 Å². The lowest BCUT2D eigenvalue weighted by atomic mass is 10.1. The normalized spacial score (nSPS) is 10.4. The molecule has 104 valence electrons. The maximum Gasteiger partial charge on any atom is 0.150 e. The van der Waals surface area contributed by atoms with Gasteiger partial charge in [0.15, 0.2) is 11.6 Å². The third-order valence-corrected chi connectivity index (χ3v) is 3.68. The third-order valence-electron chi connectivity index (χ3n) is 2.51. The first-order valence-corrected chi connectivity index (χ1v) is 7.39. The summed E-state index contributed by atoms with van der Waals surface area (Å²) in [5.41, 5.74) is 6.27. The van der Waals surface area contributed by atoms with Crippen LogP contribution in [-0.2, 0) is 0 Å². The molecule has 0 aliphatic rings. The summed E-state index contributed by atoms with van der Waals surface area (Å²) in [6.07, 6.45) is 0. The van der Waals surface area contributed by atoms with Gasteiger partial charge in [-0.15, -0.1) is 0 Å². The molecule has 2 aromatic rings. The SMILES string of the molecule is NC(=S)c1ccc(Br)cc1Nc1c(F)cc(Br)cc1F. The van der Waals surface area contributed by atoms with Crippen LogP contribution in [0.25, 0.3) is 0 Å². The highest BCUT2D eigenvalue weighted by Gasteiger charge is 2.13. The highest BCUT2D eigenvalue weighted by atomic mass is 79.9. The molecule has 0 saturated carbocycles. The Morgan fingerprint density at radius 3 is 2.20 bits per heavy atom. The van der Waals surface area contributed by atoms with Crippen LogP contribution >= 0.6 is 44.1 Å². The second-order valence-corrected chi connectivity index (χ2v) is 6.19. The van der Waals surface area contributed by atoms with Crippen molar-refractivity contribution in [2.24, 2.45) is 5.73 Å². The van der Waals surface area contributed by atoms with E-state index in [1.54, 1.807) is 18.2 Å². The van der Waals surface area contributed by atoms with E-state index in [1.807, 2.05) is 0 Å². The van der Waals surface area contributed by atoms with Gasteiger partial charge in [-0.2, -0.15) is 0 Å². The van der Waals surface area contributed by atoms with Crippen molar-refractivity contribution < 1.29 is 8.78 Å². The molecule has 7 heteroatoms. The lowest BCUT2D eigenvalue weighted by molar-refractivity contribution is 0.589. The van der Waals surface area contributed by atoms with Crippen molar-refractivity contribution in [2.45, 2.75) is 0 Å². The van der Waals surface area contributed by atoms with Crippen molar-refractivity contribution in [3.63, 3.8) is 0 Å². The van der Waals surface area contributed by atoms with Gasteiger partial charge in [0.25, 0.3) is 0 Å². The van der Waals surface area contributed by atoms with E-state index in [2.05, 4.69) is 37.2 Å². The van der Waals surface area contributed by atoms with Crippen LogP contribution < -0.4 is 11.1 Å². The Morgan fingerprint density at radius 2 is 1.65 bits per heavy atom. The summed E-state index contributed by atoms with van der Waals surface area (Å²) in [5, 5.41) is 2.69. The zero-order chi connectivity index (χ0) is 14.9. The minimum Gasteiger partial charge on any atom is -0.389 e. The van der Waals surface area contributed by atoms with Crippen LogP contribution in [0.1, 0.15) is 5.56 Å². The van der Waals surface area contributed by atoms with Crippen molar-refractivity contribution in [3.8, 4) is 0 Å². The van der Waals surface area contributed by atoms with Crippen molar-refractivity contribution in [1.29, 1.82) is 0 Å². The monoisotopic (exact) mass is 420 g/mol. The topological polar surface area (TPSA) is 38.0 Å². The number of halogens is 4. The quantitative estimate of drug-likeness (QED) is 0.694. The number of hydrogen-bond donors (Lipinski definition) is 2. The first kappa shape index (κ1) is 15.3. The minimum atomic E-state index is -0.717. The van der Waals surface area contributed by atoms with Gasteiger partial charge in [0.05, 0.1) is 0 Å². The van der Waals surface area contributed by atoms with Gasteiger partial charge >= 0.3 is 0 Å². The van der Waals surface area contributed by atoms with E-state index < -0.39 is 11.6 Å². The van der Waals surface area contributed by atoms with Crippen molar-refractivity contribution >= 4 is 60.4 Å². The molecule has 2 aromatic carbocycles. The average Bonchev–Trinajstić information content (AvgIpc) is 2.33. The van der Waals surface area contributed by atoms with E-state index in [1.165, 1.54) is 12.1 Å². The smallest absolute Gasteiger partial charge is 0.150 e. The Kier molecular flexibility index (Phi) is 4.72. The molecule has 0 atom stereocenters. The van der Waals surface area contributed by atoms with Gasteiger partial charge in [-0.05, 0) is 30.3 Å². The molecule has 0 bridgehead atoms. The molecular formula is C13H8Br2F2N2S. The molecule has 0 aliphatic carbocycles. The van der Waals surface area contributed by atoms with E-state index in [4.69, 9.17) is 18.0 Å². The maximum atomic E-state index is 13.8. The average molecular weight is 422 g/mol. The van der Waals surface area contributed by atoms with E-state index in [0.717, 1.165) is 4.47 Å². The molecule has 0 heterocycles. The van der Waals surface area contributed by atoms with Gasteiger partial charge in [0.1, 0.15) is 10.7 Å². The summed E-state index contributed by atoms with van der Waals surface area (Å²) in [5.74, 6) is -1.43. The summed E-state index contributed by atoms with van der Waals surface area (Å²) in [7, 11) is 0. The lowest BCUT2D eigenvalue weighted by Gasteiger charge is -2.13. The van der Waals surface area contributed by atoms with Gasteiger partial charge in [-0.3, -0.25) is 0 Å². The fraction of sp³-hybridized carbons (Fsp3) is 0. The molecule has 3 N–H and O–H groups in total. The largest absolute Gasteiger partial charge is 0.389 e. The Hall–Kier alpha value is -1.05. The van der Waals surface area contributed by atoms with Crippen LogP contribution in [0.3, 0.4) is 0 Å². The van der Waals surface area contributed by atoms with E-state index in [9.17, 15) is 8.78 Å². The lowest BCUT2D eigenvalue weighted by Crippen LogP contribution is -2.12. The standard InChI is InChI=1S/C13H8Br2F2N2S/c14-6-1-2-8(13(18)20)11(5-6)19-12-9(16)3-7(15)4-10(12)17/h1-5,19H,(H2,18,20). The molecule has 0 amide bonds. The predicted molar refractivity (Wildman–Crippen MR) is 87.4 cm³/mol. The van der Waals surface area contributed by atoms with Gasteiger partial charge in [-0.1, -0.05) is 44.1 Å². The van der Waals surface area contributed by atoms with Gasteiger partial charge in [0, 0.05) is 20.2 Å². The first-order valence-electron chi connectivity index (χ1n) is 5.39. The minimum absolute atomic E-state index is 0.137. The van der Waals surface area contributed by atoms with Crippen LogP contribution in [0.5, 0.6) is 0 Å². The summed E-state index contributed by atoms with van der Waals surface area (Å²) >= 11 is 11.2. The predicted octanol–water partition coefficient (Wildman–Crippen LogP) is 4.87. The number of nitrogens with one attached hydrogen (secondary N) is 1. The molecule has 2 nitrogen and oxygen atoms in total. The van der Waals surface area contributed by atoms with E-state index in [-0.39, 0.29) is 10.7 Å². The Balaban J connectivity index is 2.50. The van der Waals surface area contributed by atoms with E-state index in [0.29, 0.717) is 15.7 Å². The second kappa shape index (κ2) is 6.15. The second-order valence-electron chi connectivity index (χ2n) is 3.92. The fourth-order valence-electron chi connectivity index (χ4n) is 1.63. The van der Waals surface area contributed by atoms with Crippen LogP contribution in [0, 0.1) is 11.6 Å². The molecule has 2 rings (SSSR count). The fourth-order valence-corrected chi connectivity index (χ4v) is 2.57. The summed E-state index contributed by atoms with van der Waals surface area (Å²) in [6.45, 7) is 0. The summed E-state index contributed by atoms with van der Waals surface area (Å²) in [4.78, 5) is 0.137. The number of hydrogen-bond acceptors (Lipinski definition) is 2. The van der Waals surface area contributed by atoms with Gasteiger partial charge < -0.3 is 11.1 Å². The Bertz CT molecular complexity index is 669. The highest BCUT2D eigenvalue weighted by molar-refractivity contribution is 9.10. The number of thiocarbonyl (C=S) groups is 1. The number of anilines is 2. The summed E-state index contributed by atoms with van der Waals surface area (Å²) in [6, 6.07) is 7.40. The van der Waals surface area contributed by atoms with Crippen molar-refractivity contribution in [3.05, 3.63) is 56.5 Å². The summed E-state index contributed by atoms with van der Waals surface area (Å²) < 4.78 is 28.7. The zero-order valence-electron chi connectivity index (χ0n) is 9.88. The Labute approximate surface area is 136 Å². The van der Waals surface area contributed by atoms with Gasteiger partial charge in [-0.25, -0.2) is 8.78 Å². The van der Waals surface area contributed by atoms with Crippen LogP contribution in [0.2, 0.25) is 0 Å². The molecule has 0 saturated heterocycles. The maximum absolute atomic E-state index is 13.8. The van der Waals surface area contributed by atoms with Crippen molar-refractivity contribution in [1.82, 2.24) is 0 Å². The first-order chi connectivity index (χ1) is 9.38. The number of benzene rings is 2.